The van der Waals surface area contributed by atoms with Gasteiger partial charge in [-0.1, -0.05) is 35.1 Å². The molecule has 168 valence electrons. The Balaban J connectivity index is 1.71. The molecule has 0 aliphatic carbocycles. The van der Waals surface area contributed by atoms with Crippen LogP contribution in [-0.2, 0) is 30.9 Å². The van der Waals surface area contributed by atoms with Crippen LogP contribution in [0.5, 0.6) is 0 Å². The highest BCUT2D eigenvalue weighted by Crippen LogP contribution is 2.27. The van der Waals surface area contributed by atoms with E-state index in [-0.39, 0.29) is 18.0 Å². The number of benzene rings is 2. The average molecular weight is 494 g/mol. The topological polar surface area (TPSA) is 98.0 Å². The van der Waals surface area contributed by atoms with Crippen LogP contribution >= 0.6 is 22.9 Å². The van der Waals surface area contributed by atoms with Gasteiger partial charge in [0.25, 0.3) is 5.91 Å². The lowest BCUT2D eigenvalue weighted by molar-refractivity contribution is -0.141. The van der Waals surface area contributed by atoms with Crippen LogP contribution in [0.3, 0.4) is 0 Å². The fourth-order valence-corrected chi connectivity index (χ4v) is 6.45. The summed E-state index contributed by atoms with van der Waals surface area (Å²) in [5.41, 5.74) is 0.742. The summed E-state index contributed by atoms with van der Waals surface area (Å²) in [4.78, 5) is 29.7. The highest BCUT2D eigenvalue weighted by molar-refractivity contribution is 7.89. The first-order valence-corrected chi connectivity index (χ1v) is 12.5. The number of thiazole rings is 1. The zero-order valence-corrected chi connectivity index (χ0v) is 19.5. The summed E-state index contributed by atoms with van der Waals surface area (Å²) in [6, 6.07) is 12.3. The lowest BCUT2D eigenvalue weighted by Crippen LogP contribution is -2.40. The fraction of sp³-hybridized carbons (Fsp3) is 0.286. The Morgan fingerprint density at radius 3 is 2.62 bits per heavy atom. The maximum Gasteiger partial charge on any atom is 0.325 e. The van der Waals surface area contributed by atoms with Crippen LogP contribution < -0.4 is 4.80 Å². The average Bonchev–Trinajstić information content (AvgIpc) is 3.40. The minimum absolute atomic E-state index is 0.0733. The predicted molar refractivity (Wildman–Crippen MR) is 121 cm³/mol. The van der Waals surface area contributed by atoms with Crippen LogP contribution in [0, 0.1) is 0 Å². The first-order chi connectivity index (χ1) is 15.3. The normalized spacial score (nSPS) is 17.7. The van der Waals surface area contributed by atoms with Crippen molar-refractivity contribution in [1.82, 2.24) is 8.87 Å². The number of fused-ring (bicyclic) bond motifs is 1. The summed E-state index contributed by atoms with van der Waals surface area (Å²) in [6.07, 6.45) is 0.921. The first kappa shape index (κ1) is 22.7. The Morgan fingerprint density at radius 2 is 1.91 bits per heavy atom. The molecule has 4 rings (SSSR count). The van der Waals surface area contributed by atoms with Gasteiger partial charge in [0.15, 0.2) is 4.80 Å². The molecule has 1 amide bonds. The van der Waals surface area contributed by atoms with E-state index in [1.807, 2.05) is 24.3 Å². The van der Waals surface area contributed by atoms with E-state index in [9.17, 15) is 18.0 Å². The van der Waals surface area contributed by atoms with Gasteiger partial charge in [-0.2, -0.15) is 9.30 Å². The zero-order valence-electron chi connectivity index (χ0n) is 17.1. The number of hydrogen-bond donors (Lipinski definition) is 0. The third-order valence-electron chi connectivity index (χ3n) is 5.22. The molecule has 1 fully saturated rings. The number of carbonyl (C=O) groups excluding carboxylic acids is 2. The molecule has 0 saturated carbocycles. The van der Waals surface area contributed by atoms with Crippen molar-refractivity contribution in [1.29, 1.82) is 0 Å². The van der Waals surface area contributed by atoms with Gasteiger partial charge in [0.2, 0.25) is 10.0 Å². The molecule has 0 bridgehead atoms. The molecule has 1 saturated heterocycles. The molecule has 8 nitrogen and oxygen atoms in total. The van der Waals surface area contributed by atoms with Gasteiger partial charge in [-0.25, -0.2) is 8.42 Å². The molecular formula is C21H20ClN3O5S2. The SMILES string of the molecule is COC(=O)Cn1c(=NC(=O)C2CCCN2S(=O)(=O)c2ccc(Cl)cc2)sc2ccccc21. The predicted octanol–water partition coefficient (Wildman–Crippen LogP) is 2.81. The summed E-state index contributed by atoms with van der Waals surface area (Å²) in [5, 5.41) is 0.424. The lowest BCUT2D eigenvalue weighted by atomic mass is 10.2. The monoisotopic (exact) mass is 493 g/mol. The number of methoxy groups -OCH3 is 1. The Bertz CT molecular complexity index is 1350. The molecule has 0 N–H and O–H groups in total. The smallest absolute Gasteiger partial charge is 0.325 e. The Labute approximate surface area is 193 Å². The number of hydrogen-bond acceptors (Lipinski definition) is 6. The molecule has 0 radical (unpaired) electrons. The Kier molecular flexibility index (Phi) is 6.47. The van der Waals surface area contributed by atoms with Crippen LogP contribution in [-0.4, -0.2) is 48.9 Å². The van der Waals surface area contributed by atoms with Gasteiger partial charge in [-0.3, -0.25) is 9.59 Å². The first-order valence-electron chi connectivity index (χ1n) is 9.82. The van der Waals surface area contributed by atoms with E-state index in [1.165, 1.54) is 47.0 Å². The third-order valence-corrected chi connectivity index (χ3v) is 8.45. The minimum Gasteiger partial charge on any atom is -0.468 e. The van der Waals surface area contributed by atoms with Crippen molar-refractivity contribution in [3.05, 3.63) is 58.4 Å². The van der Waals surface area contributed by atoms with E-state index >= 15 is 0 Å². The number of halogens is 1. The molecule has 1 atom stereocenters. The minimum atomic E-state index is -3.88. The largest absolute Gasteiger partial charge is 0.468 e. The molecule has 1 aliphatic rings. The van der Waals surface area contributed by atoms with Gasteiger partial charge in [0.1, 0.15) is 12.6 Å². The molecule has 3 aromatic rings. The van der Waals surface area contributed by atoms with E-state index in [1.54, 1.807) is 4.57 Å². The molecule has 11 heteroatoms. The van der Waals surface area contributed by atoms with Gasteiger partial charge in [0.05, 0.1) is 22.2 Å². The highest BCUT2D eigenvalue weighted by Gasteiger charge is 2.39. The number of carbonyl (C=O) groups is 2. The molecule has 1 unspecified atom stereocenters. The number of para-hydroxylation sites is 1. The summed E-state index contributed by atoms with van der Waals surface area (Å²) < 4.78 is 34.7. The summed E-state index contributed by atoms with van der Waals surface area (Å²) in [5.74, 6) is -1.04. The molecule has 1 aromatic heterocycles. The Hall–Kier alpha value is -2.53. The van der Waals surface area contributed by atoms with E-state index in [4.69, 9.17) is 16.3 Å². The van der Waals surface area contributed by atoms with Crippen molar-refractivity contribution in [3.63, 3.8) is 0 Å². The maximum absolute atomic E-state index is 13.1. The van der Waals surface area contributed by atoms with E-state index in [2.05, 4.69) is 4.99 Å². The molecule has 2 aromatic carbocycles. The van der Waals surface area contributed by atoms with Crippen molar-refractivity contribution in [2.24, 2.45) is 4.99 Å². The second-order valence-electron chi connectivity index (χ2n) is 7.19. The summed E-state index contributed by atoms with van der Waals surface area (Å²) in [6.45, 7) is 0.121. The van der Waals surface area contributed by atoms with Crippen LogP contribution in [0.4, 0.5) is 0 Å². The number of aromatic nitrogens is 1. The lowest BCUT2D eigenvalue weighted by Gasteiger charge is -2.21. The number of esters is 1. The van der Waals surface area contributed by atoms with E-state index < -0.39 is 27.9 Å². The van der Waals surface area contributed by atoms with Crippen LogP contribution in [0.1, 0.15) is 12.8 Å². The van der Waals surface area contributed by atoms with Gasteiger partial charge in [-0.15, -0.1) is 0 Å². The van der Waals surface area contributed by atoms with Crippen LogP contribution in [0.25, 0.3) is 10.2 Å². The number of nitrogens with zero attached hydrogens (tertiary/aromatic N) is 3. The quantitative estimate of drug-likeness (QED) is 0.509. The summed E-state index contributed by atoms with van der Waals surface area (Å²) in [7, 11) is -2.59. The van der Waals surface area contributed by atoms with Crippen molar-refractivity contribution in [2.45, 2.75) is 30.3 Å². The molecule has 1 aliphatic heterocycles. The van der Waals surface area contributed by atoms with Crippen molar-refractivity contribution < 1.29 is 22.7 Å². The number of amides is 1. The van der Waals surface area contributed by atoms with Crippen molar-refractivity contribution >= 4 is 55.1 Å². The molecule has 32 heavy (non-hydrogen) atoms. The van der Waals surface area contributed by atoms with Gasteiger partial charge >= 0.3 is 5.97 Å². The molecular weight excluding hydrogens is 474 g/mol. The second kappa shape index (κ2) is 9.14. The number of ether oxygens (including phenoxy) is 1. The van der Waals surface area contributed by atoms with Crippen molar-refractivity contribution in [2.75, 3.05) is 13.7 Å². The molecule has 0 spiro atoms. The summed E-state index contributed by atoms with van der Waals surface area (Å²) >= 11 is 7.13. The van der Waals surface area contributed by atoms with Crippen molar-refractivity contribution in [3.8, 4) is 0 Å². The fourth-order valence-electron chi connectivity index (χ4n) is 3.64. The van der Waals surface area contributed by atoms with E-state index in [0.29, 0.717) is 22.7 Å². The maximum atomic E-state index is 13.1. The standard InChI is InChI=1S/C21H20ClN3O5S2/c1-30-19(26)13-24-16-5-2-3-7-18(16)31-21(24)23-20(27)17-6-4-12-25(17)32(28,29)15-10-8-14(22)9-11-15/h2-3,5,7-11,17H,4,6,12-13H2,1H3. The second-order valence-corrected chi connectivity index (χ2v) is 10.5. The zero-order chi connectivity index (χ0) is 22.9. The third kappa shape index (κ3) is 4.36. The molecule has 2 heterocycles. The van der Waals surface area contributed by atoms with Crippen LogP contribution in [0.15, 0.2) is 58.4 Å². The highest BCUT2D eigenvalue weighted by atomic mass is 35.5. The van der Waals surface area contributed by atoms with Gasteiger partial charge in [0, 0.05) is 11.6 Å². The van der Waals surface area contributed by atoms with Gasteiger partial charge in [-0.05, 0) is 49.2 Å². The van der Waals surface area contributed by atoms with Crippen LogP contribution in [0.2, 0.25) is 5.02 Å². The number of rotatable bonds is 5. The number of sulfonamides is 1. The van der Waals surface area contributed by atoms with Gasteiger partial charge < -0.3 is 9.30 Å². The van der Waals surface area contributed by atoms with E-state index in [0.717, 1.165) is 10.2 Å². The Morgan fingerprint density at radius 1 is 1.19 bits per heavy atom.